The first kappa shape index (κ1) is 35.8. The molecule has 0 radical (unpaired) electrons. The van der Waals surface area contributed by atoms with Gasteiger partial charge in [-0.05, 0) is 12.3 Å². The number of hydrogen-bond acceptors (Lipinski definition) is 4. The summed E-state index contributed by atoms with van der Waals surface area (Å²) in [4.78, 5) is 23.5. The van der Waals surface area contributed by atoms with Crippen LogP contribution in [-0.4, -0.2) is 43.5 Å². The van der Waals surface area contributed by atoms with Crippen molar-refractivity contribution < 1.29 is 28.2 Å². The number of phosphoric ester groups is 1. The average molecular weight is 561 g/mol. The Balaban J connectivity index is 2.03. The Kier molecular flexibility index (Phi) is 23.1. The summed E-state index contributed by atoms with van der Waals surface area (Å²) in [6.45, 7) is 7.47. The first-order valence-electron chi connectivity index (χ1n) is 16.4. The normalized spacial score (nSPS) is 16.6. The molecule has 7 heteroatoms. The maximum atomic E-state index is 12.3. The molecule has 1 rings (SSSR count). The van der Waals surface area contributed by atoms with Gasteiger partial charge in [-0.25, -0.2) is 4.57 Å². The van der Waals surface area contributed by atoms with Gasteiger partial charge in [-0.1, -0.05) is 123 Å². The van der Waals surface area contributed by atoms with Gasteiger partial charge >= 0.3 is 7.82 Å². The minimum absolute atomic E-state index is 0.00734. The Hall–Kier alpha value is -0.260. The predicted molar refractivity (Wildman–Crippen MR) is 159 cm³/mol. The molecule has 0 saturated carbocycles. The molecule has 1 saturated heterocycles. The maximum Gasteiger partial charge on any atom is 0.472 e. The molecule has 0 aromatic rings. The fourth-order valence-corrected chi connectivity index (χ4v) is 6.33. The van der Waals surface area contributed by atoms with Crippen LogP contribution in [0.25, 0.3) is 0 Å². The second kappa shape index (κ2) is 24.5. The monoisotopic (exact) mass is 560 g/mol. The maximum absolute atomic E-state index is 12.3. The molecule has 0 bridgehead atoms. The zero-order chi connectivity index (χ0) is 27.7. The van der Waals surface area contributed by atoms with Crippen molar-refractivity contribution >= 4 is 13.6 Å². The fourth-order valence-electron chi connectivity index (χ4n) is 5.54. The van der Waals surface area contributed by atoms with E-state index < -0.39 is 7.82 Å². The summed E-state index contributed by atoms with van der Waals surface area (Å²) in [5.74, 6) is 0.184. The number of ketones is 1. The Morgan fingerprint density at radius 2 is 1.24 bits per heavy atom. The third-order valence-corrected chi connectivity index (χ3v) is 9.10. The molecule has 1 aliphatic rings. The van der Waals surface area contributed by atoms with Gasteiger partial charge in [0.05, 0.1) is 19.7 Å². The number of Topliss-reactive ketones (excluding diaryl/α,β-unsaturated/α-hetero) is 1. The van der Waals surface area contributed by atoms with Crippen molar-refractivity contribution in [1.82, 2.24) is 0 Å². The number of carbonyl (C=O) groups excluding carboxylic acids is 1. The number of carbonyl (C=O) groups is 1. The zero-order valence-corrected chi connectivity index (χ0v) is 26.1. The van der Waals surface area contributed by atoms with Crippen molar-refractivity contribution in [1.29, 1.82) is 0 Å². The van der Waals surface area contributed by atoms with Crippen LogP contribution >= 0.6 is 7.82 Å². The summed E-state index contributed by atoms with van der Waals surface area (Å²) < 4.78 is 22.8. The number of nitrogens with one attached hydrogen (secondary N) is 1. The lowest BCUT2D eigenvalue weighted by Gasteiger charge is -2.19. The van der Waals surface area contributed by atoms with E-state index in [1.54, 1.807) is 0 Å². The molecule has 0 aromatic carbocycles. The minimum atomic E-state index is -4.06. The van der Waals surface area contributed by atoms with Gasteiger partial charge in [0.1, 0.15) is 18.9 Å². The van der Waals surface area contributed by atoms with Crippen LogP contribution in [0.4, 0.5) is 0 Å². The van der Waals surface area contributed by atoms with Crippen LogP contribution in [0.15, 0.2) is 0 Å². The van der Waals surface area contributed by atoms with E-state index in [-0.39, 0.29) is 24.9 Å². The molecule has 6 nitrogen and oxygen atoms in total. The molecule has 0 amide bonds. The van der Waals surface area contributed by atoms with E-state index >= 15 is 0 Å². The standard InChI is InChI=1S/C31H62NO5P/c1-3-5-6-7-8-9-10-11-12-13-14-15-16-17-18-19-20-23-30(28-31(33)4-2)29-37-38(34,35)36-27-26-32-24-21-22-25-32/h30H,3-29H2,1-2H3,(H,34,35)/p+1. The largest absolute Gasteiger partial charge is 0.472 e. The molecule has 0 aliphatic carbocycles. The lowest BCUT2D eigenvalue weighted by atomic mass is 9.95. The van der Waals surface area contributed by atoms with Crippen LogP contribution in [0.3, 0.4) is 0 Å². The first-order chi connectivity index (χ1) is 18.5. The van der Waals surface area contributed by atoms with Gasteiger partial charge in [0.25, 0.3) is 0 Å². The molecule has 1 fully saturated rings. The summed E-state index contributed by atoms with van der Waals surface area (Å²) >= 11 is 0. The van der Waals surface area contributed by atoms with Gasteiger partial charge in [-0.3, -0.25) is 13.8 Å². The van der Waals surface area contributed by atoms with Gasteiger partial charge in [0, 0.05) is 25.7 Å². The Morgan fingerprint density at radius 3 is 1.71 bits per heavy atom. The van der Waals surface area contributed by atoms with Crippen molar-refractivity contribution in [3.63, 3.8) is 0 Å². The zero-order valence-electron chi connectivity index (χ0n) is 25.2. The predicted octanol–water partition coefficient (Wildman–Crippen LogP) is 7.83. The van der Waals surface area contributed by atoms with E-state index in [9.17, 15) is 14.3 Å². The van der Waals surface area contributed by atoms with Crippen LogP contribution in [0, 0.1) is 5.92 Å². The molecule has 2 atom stereocenters. The highest BCUT2D eigenvalue weighted by molar-refractivity contribution is 7.47. The molecular formula is C31H63NO5P+. The van der Waals surface area contributed by atoms with Crippen molar-refractivity contribution in [2.75, 3.05) is 32.8 Å². The lowest BCUT2D eigenvalue weighted by Crippen LogP contribution is -3.10. The summed E-state index contributed by atoms with van der Waals surface area (Å²) in [7, 11) is -4.06. The van der Waals surface area contributed by atoms with Gasteiger partial charge in [-0.15, -0.1) is 0 Å². The van der Waals surface area contributed by atoms with Gasteiger partial charge in [0.2, 0.25) is 0 Å². The Morgan fingerprint density at radius 1 is 0.763 bits per heavy atom. The van der Waals surface area contributed by atoms with Gasteiger partial charge < -0.3 is 9.79 Å². The van der Waals surface area contributed by atoms with Crippen LogP contribution < -0.4 is 4.90 Å². The Labute approximate surface area is 235 Å². The van der Waals surface area contributed by atoms with Crippen LogP contribution in [-0.2, 0) is 18.4 Å². The summed E-state index contributed by atoms with van der Waals surface area (Å²) in [5.41, 5.74) is 0. The van der Waals surface area contributed by atoms with E-state index in [4.69, 9.17) is 9.05 Å². The molecule has 2 N–H and O–H groups in total. The number of hydrogen-bond donors (Lipinski definition) is 2. The van der Waals surface area contributed by atoms with Crippen molar-refractivity contribution in [2.24, 2.45) is 5.92 Å². The van der Waals surface area contributed by atoms with E-state index in [2.05, 4.69) is 6.92 Å². The molecule has 1 heterocycles. The number of unbranched alkanes of at least 4 members (excludes halogenated alkanes) is 16. The molecule has 0 aromatic heterocycles. The molecular weight excluding hydrogens is 497 g/mol. The molecule has 0 spiro atoms. The summed E-state index contributed by atoms with van der Waals surface area (Å²) in [6.07, 6.45) is 27.1. The number of likely N-dealkylation sites (tertiary alicyclic amines) is 1. The summed E-state index contributed by atoms with van der Waals surface area (Å²) in [5, 5.41) is 0. The van der Waals surface area contributed by atoms with Crippen molar-refractivity contribution in [2.45, 2.75) is 155 Å². The van der Waals surface area contributed by atoms with Gasteiger partial charge in [0.15, 0.2) is 0 Å². The van der Waals surface area contributed by atoms with Crippen molar-refractivity contribution in [3.8, 4) is 0 Å². The van der Waals surface area contributed by atoms with E-state index in [0.717, 1.165) is 38.9 Å². The van der Waals surface area contributed by atoms with Crippen LogP contribution in [0.2, 0.25) is 0 Å². The fraction of sp³-hybridized carbons (Fsp3) is 0.968. The minimum Gasteiger partial charge on any atom is -0.333 e. The smallest absolute Gasteiger partial charge is 0.333 e. The molecule has 226 valence electrons. The third-order valence-electron chi connectivity index (χ3n) is 8.12. The topological polar surface area (TPSA) is 77.3 Å². The van der Waals surface area contributed by atoms with Crippen molar-refractivity contribution in [3.05, 3.63) is 0 Å². The lowest BCUT2D eigenvalue weighted by molar-refractivity contribution is -0.887. The number of phosphoric acid groups is 1. The Bertz CT molecular complexity index is 597. The van der Waals surface area contributed by atoms with E-state index in [1.807, 2.05) is 6.92 Å². The van der Waals surface area contributed by atoms with Crippen LogP contribution in [0.1, 0.15) is 155 Å². The van der Waals surface area contributed by atoms with E-state index in [1.165, 1.54) is 114 Å². The summed E-state index contributed by atoms with van der Waals surface area (Å²) in [6, 6.07) is 0. The number of quaternary nitrogens is 1. The molecule has 2 unspecified atom stereocenters. The first-order valence-corrected chi connectivity index (χ1v) is 17.9. The SMILES string of the molecule is CCCCCCCCCCCCCCCCCCCC(COP(=O)(O)OCC[NH+]1CCCC1)CC(=O)CC. The highest BCUT2D eigenvalue weighted by Crippen LogP contribution is 2.43. The second-order valence-corrected chi connectivity index (χ2v) is 13.2. The van der Waals surface area contributed by atoms with E-state index in [0.29, 0.717) is 12.8 Å². The molecule has 1 aliphatic heterocycles. The highest BCUT2D eigenvalue weighted by Gasteiger charge is 2.25. The average Bonchev–Trinajstić information content (AvgIpc) is 3.42. The molecule has 38 heavy (non-hydrogen) atoms. The van der Waals surface area contributed by atoms with Crippen LogP contribution in [0.5, 0.6) is 0 Å². The second-order valence-electron chi connectivity index (χ2n) is 11.7. The highest BCUT2D eigenvalue weighted by atomic mass is 31.2. The quantitative estimate of drug-likeness (QED) is 0.0753. The third kappa shape index (κ3) is 21.5. The van der Waals surface area contributed by atoms with Gasteiger partial charge in [-0.2, -0.15) is 0 Å². The number of rotatable bonds is 28.